The van der Waals surface area contributed by atoms with Crippen LogP contribution in [0.15, 0.2) is 18.2 Å². The van der Waals surface area contributed by atoms with Crippen LogP contribution in [0.1, 0.15) is 38.7 Å². The molecule has 0 spiro atoms. The van der Waals surface area contributed by atoms with E-state index >= 15 is 0 Å². The van der Waals surface area contributed by atoms with Gasteiger partial charge in [0.1, 0.15) is 11.5 Å². The lowest BCUT2D eigenvalue weighted by Gasteiger charge is -2.35. The van der Waals surface area contributed by atoms with Crippen molar-refractivity contribution in [3.63, 3.8) is 0 Å². The Balaban J connectivity index is 1.99. The Morgan fingerprint density at radius 1 is 1.15 bits per heavy atom. The van der Waals surface area contributed by atoms with Crippen molar-refractivity contribution in [1.29, 1.82) is 0 Å². The van der Waals surface area contributed by atoms with Crippen LogP contribution in [0.5, 0.6) is 11.5 Å². The van der Waals surface area contributed by atoms with Crippen LogP contribution in [0.3, 0.4) is 0 Å². The molecule has 0 aromatic heterocycles. The van der Waals surface area contributed by atoms with Gasteiger partial charge < -0.3 is 14.8 Å². The van der Waals surface area contributed by atoms with E-state index < -0.39 is 0 Å². The Labute approximate surface area is 122 Å². The molecule has 1 aliphatic rings. The van der Waals surface area contributed by atoms with Gasteiger partial charge in [0, 0.05) is 24.2 Å². The SMILES string of the molecule is COc1ccc(CNC2CCCC(C)C2C)c(OC)c1. The van der Waals surface area contributed by atoms with E-state index in [1.807, 2.05) is 12.1 Å². The van der Waals surface area contributed by atoms with E-state index in [-0.39, 0.29) is 0 Å². The lowest BCUT2D eigenvalue weighted by atomic mass is 9.78. The maximum atomic E-state index is 5.46. The van der Waals surface area contributed by atoms with Crippen molar-refractivity contribution in [3.8, 4) is 11.5 Å². The predicted molar refractivity (Wildman–Crippen MR) is 82.4 cm³/mol. The lowest BCUT2D eigenvalue weighted by molar-refractivity contribution is 0.205. The van der Waals surface area contributed by atoms with Crippen LogP contribution in [-0.2, 0) is 6.54 Å². The second-order valence-corrected chi connectivity index (χ2v) is 5.93. The number of hydrogen-bond donors (Lipinski definition) is 1. The molecule has 1 aliphatic carbocycles. The van der Waals surface area contributed by atoms with Crippen LogP contribution >= 0.6 is 0 Å². The fourth-order valence-electron chi connectivity index (χ4n) is 3.11. The predicted octanol–water partition coefficient (Wildman–Crippen LogP) is 3.62. The summed E-state index contributed by atoms with van der Waals surface area (Å²) >= 11 is 0. The molecular weight excluding hydrogens is 250 g/mol. The normalized spacial score (nSPS) is 26.3. The number of ether oxygens (including phenoxy) is 2. The summed E-state index contributed by atoms with van der Waals surface area (Å²) in [5.41, 5.74) is 1.19. The molecule has 3 heteroatoms. The van der Waals surface area contributed by atoms with Crippen LogP contribution < -0.4 is 14.8 Å². The Bertz CT molecular complexity index is 433. The molecule has 1 N–H and O–H groups in total. The second kappa shape index (κ2) is 6.98. The maximum Gasteiger partial charge on any atom is 0.127 e. The fraction of sp³-hybridized carbons (Fsp3) is 0.647. The summed E-state index contributed by atoms with van der Waals surface area (Å²) < 4.78 is 10.7. The quantitative estimate of drug-likeness (QED) is 0.891. The van der Waals surface area contributed by atoms with E-state index in [1.165, 1.54) is 24.8 Å². The van der Waals surface area contributed by atoms with Crippen molar-refractivity contribution in [1.82, 2.24) is 5.32 Å². The molecule has 1 aromatic rings. The van der Waals surface area contributed by atoms with Crippen LogP contribution in [0.2, 0.25) is 0 Å². The molecule has 0 amide bonds. The summed E-state index contributed by atoms with van der Waals surface area (Å²) in [4.78, 5) is 0. The summed E-state index contributed by atoms with van der Waals surface area (Å²) in [6.45, 7) is 5.59. The molecular formula is C17H27NO2. The van der Waals surface area contributed by atoms with Gasteiger partial charge in [0.25, 0.3) is 0 Å². The van der Waals surface area contributed by atoms with Crippen LogP contribution in [0, 0.1) is 11.8 Å². The second-order valence-electron chi connectivity index (χ2n) is 5.93. The molecule has 1 aromatic carbocycles. The first-order valence-electron chi connectivity index (χ1n) is 7.60. The maximum absolute atomic E-state index is 5.46. The number of hydrogen-bond acceptors (Lipinski definition) is 3. The highest BCUT2D eigenvalue weighted by Crippen LogP contribution is 2.30. The molecule has 1 saturated carbocycles. The number of nitrogens with one attached hydrogen (secondary N) is 1. The van der Waals surface area contributed by atoms with Gasteiger partial charge in [0.2, 0.25) is 0 Å². The summed E-state index contributed by atoms with van der Waals surface area (Å²) in [5, 5.41) is 3.71. The third-order valence-corrected chi connectivity index (χ3v) is 4.76. The van der Waals surface area contributed by atoms with Gasteiger partial charge in [0.15, 0.2) is 0 Å². The Morgan fingerprint density at radius 2 is 1.95 bits per heavy atom. The van der Waals surface area contributed by atoms with Gasteiger partial charge >= 0.3 is 0 Å². The highest BCUT2D eigenvalue weighted by Gasteiger charge is 2.26. The third-order valence-electron chi connectivity index (χ3n) is 4.76. The zero-order valence-corrected chi connectivity index (χ0v) is 13.1. The van der Waals surface area contributed by atoms with Crippen molar-refractivity contribution in [2.24, 2.45) is 11.8 Å². The monoisotopic (exact) mass is 277 g/mol. The largest absolute Gasteiger partial charge is 0.497 e. The van der Waals surface area contributed by atoms with Gasteiger partial charge in [-0.05, 0) is 24.3 Å². The molecule has 0 saturated heterocycles. The van der Waals surface area contributed by atoms with Crippen molar-refractivity contribution in [3.05, 3.63) is 23.8 Å². The smallest absolute Gasteiger partial charge is 0.127 e. The average Bonchev–Trinajstić information content (AvgIpc) is 2.48. The number of benzene rings is 1. The van der Waals surface area contributed by atoms with Gasteiger partial charge in [-0.3, -0.25) is 0 Å². The van der Waals surface area contributed by atoms with Gasteiger partial charge in [0.05, 0.1) is 14.2 Å². The van der Waals surface area contributed by atoms with Gasteiger partial charge in [-0.1, -0.05) is 32.8 Å². The van der Waals surface area contributed by atoms with E-state index in [1.54, 1.807) is 14.2 Å². The standard InChI is InChI=1S/C17H27NO2/c1-12-6-5-7-16(13(12)2)18-11-14-8-9-15(19-3)10-17(14)20-4/h8-10,12-13,16,18H,5-7,11H2,1-4H3. The summed E-state index contributed by atoms with van der Waals surface area (Å²) in [7, 11) is 3.39. The zero-order valence-electron chi connectivity index (χ0n) is 13.1. The fourth-order valence-corrected chi connectivity index (χ4v) is 3.11. The highest BCUT2D eigenvalue weighted by molar-refractivity contribution is 5.40. The molecule has 3 atom stereocenters. The summed E-state index contributed by atoms with van der Waals surface area (Å²) in [6.07, 6.45) is 3.98. The van der Waals surface area contributed by atoms with Gasteiger partial charge in [-0.15, -0.1) is 0 Å². The first-order valence-corrected chi connectivity index (χ1v) is 7.60. The Kier molecular flexibility index (Phi) is 5.30. The Morgan fingerprint density at radius 3 is 2.65 bits per heavy atom. The Hall–Kier alpha value is -1.22. The van der Waals surface area contributed by atoms with Crippen LogP contribution in [-0.4, -0.2) is 20.3 Å². The number of methoxy groups -OCH3 is 2. The average molecular weight is 277 g/mol. The van der Waals surface area contributed by atoms with Crippen LogP contribution in [0.25, 0.3) is 0 Å². The first kappa shape index (κ1) is 15.2. The minimum absolute atomic E-state index is 0.616. The minimum atomic E-state index is 0.616. The van der Waals surface area contributed by atoms with E-state index in [2.05, 4.69) is 25.2 Å². The molecule has 0 radical (unpaired) electrons. The summed E-state index contributed by atoms with van der Waals surface area (Å²) in [6, 6.07) is 6.64. The molecule has 0 bridgehead atoms. The lowest BCUT2D eigenvalue weighted by Crippen LogP contribution is -2.40. The van der Waals surface area contributed by atoms with Crippen molar-refractivity contribution >= 4 is 0 Å². The molecule has 0 aliphatic heterocycles. The number of rotatable bonds is 5. The highest BCUT2D eigenvalue weighted by atomic mass is 16.5. The third kappa shape index (κ3) is 3.45. The molecule has 3 unspecified atom stereocenters. The van der Waals surface area contributed by atoms with E-state index in [0.717, 1.165) is 29.9 Å². The first-order chi connectivity index (χ1) is 9.65. The topological polar surface area (TPSA) is 30.5 Å². The molecule has 0 heterocycles. The van der Waals surface area contributed by atoms with E-state index in [0.29, 0.717) is 6.04 Å². The molecule has 2 rings (SSSR count). The molecule has 20 heavy (non-hydrogen) atoms. The van der Waals surface area contributed by atoms with E-state index in [9.17, 15) is 0 Å². The minimum Gasteiger partial charge on any atom is -0.497 e. The molecule has 1 fully saturated rings. The molecule has 112 valence electrons. The van der Waals surface area contributed by atoms with Crippen molar-refractivity contribution < 1.29 is 9.47 Å². The van der Waals surface area contributed by atoms with Gasteiger partial charge in [-0.2, -0.15) is 0 Å². The zero-order chi connectivity index (χ0) is 14.5. The van der Waals surface area contributed by atoms with Crippen molar-refractivity contribution in [2.45, 2.75) is 45.7 Å². The van der Waals surface area contributed by atoms with Gasteiger partial charge in [-0.25, -0.2) is 0 Å². The summed E-state index contributed by atoms with van der Waals surface area (Å²) in [5.74, 6) is 3.30. The van der Waals surface area contributed by atoms with Crippen LogP contribution in [0.4, 0.5) is 0 Å². The molecule has 3 nitrogen and oxygen atoms in total. The van der Waals surface area contributed by atoms with Crippen molar-refractivity contribution in [2.75, 3.05) is 14.2 Å². The van der Waals surface area contributed by atoms with E-state index in [4.69, 9.17) is 9.47 Å².